The largest absolute Gasteiger partial charge is 0.340 e. The van der Waals surface area contributed by atoms with Gasteiger partial charge in [0.05, 0.1) is 0 Å². The average molecular weight is 234 g/mol. The van der Waals surface area contributed by atoms with Crippen molar-refractivity contribution in [1.29, 1.82) is 0 Å². The highest BCUT2D eigenvalue weighted by Gasteiger charge is 2.01. The molecule has 2 rings (SSSR count). The van der Waals surface area contributed by atoms with Crippen LogP contribution in [0.2, 0.25) is 0 Å². The van der Waals surface area contributed by atoms with Gasteiger partial charge in [-0.3, -0.25) is 4.79 Å². The van der Waals surface area contributed by atoms with Crippen LogP contribution in [0.25, 0.3) is 0 Å². The Hall–Kier alpha value is -1.94. The van der Waals surface area contributed by atoms with Crippen molar-refractivity contribution in [3.05, 3.63) is 48.4 Å². The number of aromatic nitrogens is 2. The molecule has 1 aromatic carbocycles. The molecular weight excluding hydrogens is 226 g/mol. The highest BCUT2D eigenvalue weighted by Crippen LogP contribution is 2.15. The predicted octanol–water partition coefficient (Wildman–Crippen LogP) is 2.60. The maximum Gasteiger partial charge on any atom is 0.252 e. The van der Waals surface area contributed by atoms with E-state index >= 15 is 0 Å². The lowest BCUT2D eigenvalue weighted by molar-refractivity contribution is 0.108. The third-order valence-corrected chi connectivity index (χ3v) is 2.18. The Balaban J connectivity index is 2.14. The molecule has 16 heavy (non-hydrogen) atoms. The van der Waals surface area contributed by atoms with E-state index < -0.39 is 5.24 Å². The number of benzene rings is 1. The standard InChI is InChI=1S/C11H8ClN3O/c12-11(16)8-1-3-9(4-2-8)15-10-5-6-13-7-14-10/h1-7H,(H,13,14,15). The molecule has 5 heteroatoms. The summed E-state index contributed by atoms with van der Waals surface area (Å²) >= 11 is 5.34. The zero-order valence-electron chi connectivity index (χ0n) is 8.22. The van der Waals surface area contributed by atoms with E-state index in [1.165, 1.54) is 6.33 Å². The van der Waals surface area contributed by atoms with Crippen molar-refractivity contribution in [2.45, 2.75) is 0 Å². The fraction of sp³-hybridized carbons (Fsp3) is 0. The molecule has 2 aromatic rings. The second-order valence-corrected chi connectivity index (χ2v) is 3.41. The van der Waals surface area contributed by atoms with Gasteiger partial charge in [0.1, 0.15) is 12.1 Å². The maximum absolute atomic E-state index is 10.8. The number of hydrogen-bond acceptors (Lipinski definition) is 4. The van der Waals surface area contributed by atoms with Gasteiger partial charge in [0.2, 0.25) is 0 Å². The summed E-state index contributed by atoms with van der Waals surface area (Å²) in [7, 11) is 0. The number of nitrogens with one attached hydrogen (secondary N) is 1. The van der Waals surface area contributed by atoms with Crippen molar-refractivity contribution >= 4 is 28.3 Å². The number of carbonyl (C=O) groups is 1. The lowest BCUT2D eigenvalue weighted by Crippen LogP contribution is -1.94. The van der Waals surface area contributed by atoms with Crippen LogP contribution in [-0.2, 0) is 0 Å². The molecule has 0 amide bonds. The van der Waals surface area contributed by atoms with Gasteiger partial charge in [-0.1, -0.05) is 0 Å². The van der Waals surface area contributed by atoms with Crippen LogP contribution in [0.15, 0.2) is 42.9 Å². The smallest absolute Gasteiger partial charge is 0.252 e. The Morgan fingerprint density at radius 2 is 1.94 bits per heavy atom. The summed E-state index contributed by atoms with van der Waals surface area (Å²) in [5.41, 5.74) is 1.30. The summed E-state index contributed by atoms with van der Waals surface area (Å²) in [4.78, 5) is 18.7. The fourth-order valence-electron chi connectivity index (χ4n) is 1.20. The van der Waals surface area contributed by atoms with Gasteiger partial charge in [0.15, 0.2) is 0 Å². The van der Waals surface area contributed by atoms with Gasteiger partial charge in [-0.05, 0) is 41.9 Å². The van der Waals surface area contributed by atoms with Gasteiger partial charge in [0.25, 0.3) is 5.24 Å². The number of nitrogens with zero attached hydrogens (tertiary/aromatic N) is 2. The lowest BCUT2D eigenvalue weighted by Gasteiger charge is -2.04. The second kappa shape index (κ2) is 4.72. The summed E-state index contributed by atoms with van der Waals surface area (Å²) in [5, 5.41) is 2.60. The van der Waals surface area contributed by atoms with Crippen LogP contribution in [0.5, 0.6) is 0 Å². The molecule has 0 spiro atoms. The van der Waals surface area contributed by atoms with E-state index in [4.69, 9.17) is 11.6 Å². The average Bonchev–Trinajstić information content (AvgIpc) is 2.31. The molecule has 0 aliphatic rings. The van der Waals surface area contributed by atoms with Crippen LogP contribution >= 0.6 is 11.6 Å². The molecule has 0 saturated heterocycles. The molecule has 1 heterocycles. The van der Waals surface area contributed by atoms with Crippen LogP contribution < -0.4 is 5.32 Å². The summed E-state index contributed by atoms with van der Waals surface area (Å²) in [6.07, 6.45) is 3.10. The lowest BCUT2D eigenvalue weighted by atomic mass is 10.2. The first-order valence-electron chi connectivity index (χ1n) is 4.58. The monoisotopic (exact) mass is 233 g/mol. The van der Waals surface area contributed by atoms with Gasteiger partial charge in [-0.2, -0.15) is 0 Å². The first-order chi connectivity index (χ1) is 7.75. The van der Waals surface area contributed by atoms with Crippen LogP contribution in [0.3, 0.4) is 0 Å². The van der Waals surface area contributed by atoms with Crippen molar-refractivity contribution in [1.82, 2.24) is 9.97 Å². The Bertz CT molecular complexity index is 484. The molecular formula is C11H8ClN3O. The molecule has 0 radical (unpaired) electrons. The minimum atomic E-state index is -0.464. The summed E-state index contributed by atoms with van der Waals surface area (Å²) in [6.45, 7) is 0. The summed E-state index contributed by atoms with van der Waals surface area (Å²) in [6, 6.07) is 8.58. The minimum Gasteiger partial charge on any atom is -0.340 e. The molecule has 0 fully saturated rings. The van der Waals surface area contributed by atoms with E-state index in [0.29, 0.717) is 11.4 Å². The Morgan fingerprint density at radius 3 is 2.50 bits per heavy atom. The Labute approximate surface area is 97.3 Å². The third kappa shape index (κ3) is 2.55. The van der Waals surface area contributed by atoms with Crippen LogP contribution in [0.1, 0.15) is 10.4 Å². The number of hydrogen-bond donors (Lipinski definition) is 1. The second-order valence-electron chi connectivity index (χ2n) is 3.07. The molecule has 1 aromatic heterocycles. The third-order valence-electron chi connectivity index (χ3n) is 1.97. The van der Waals surface area contributed by atoms with Crippen molar-refractivity contribution in [2.24, 2.45) is 0 Å². The first kappa shape index (κ1) is 10.6. The van der Waals surface area contributed by atoms with Crippen LogP contribution in [0.4, 0.5) is 11.5 Å². The fourth-order valence-corrected chi connectivity index (χ4v) is 1.32. The van der Waals surface area contributed by atoms with Gasteiger partial charge in [0, 0.05) is 17.4 Å². The van der Waals surface area contributed by atoms with Crippen LogP contribution in [-0.4, -0.2) is 15.2 Å². The Kier molecular flexibility index (Phi) is 3.12. The van der Waals surface area contributed by atoms with Crippen molar-refractivity contribution < 1.29 is 4.79 Å². The molecule has 0 aliphatic heterocycles. The van der Waals surface area contributed by atoms with Gasteiger partial charge in [-0.25, -0.2) is 9.97 Å². The van der Waals surface area contributed by atoms with Gasteiger partial charge in [-0.15, -0.1) is 0 Å². The molecule has 1 N–H and O–H groups in total. The number of halogens is 1. The molecule has 0 atom stereocenters. The minimum absolute atomic E-state index is 0.464. The van der Waals surface area contributed by atoms with Crippen molar-refractivity contribution in [3.8, 4) is 0 Å². The molecule has 0 bridgehead atoms. The van der Waals surface area contributed by atoms with E-state index in [1.807, 2.05) is 0 Å². The van der Waals surface area contributed by atoms with E-state index in [9.17, 15) is 4.79 Å². The van der Waals surface area contributed by atoms with E-state index in [1.54, 1.807) is 36.5 Å². The molecule has 80 valence electrons. The van der Waals surface area contributed by atoms with E-state index in [2.05, 4.69) is 15.3 Å². The Morgan fingerprint density at radius 1 is 1.19 bits per heavy atom. The van der Waals surface area contributed by atoms with Crippen molar-refractivity contribution in [3.63, 3.8) is 0 Å². The van der Waals surface area contributed by atoms with E-state index in [0.717, 1.165) is 5.69 Å². The zero-order chi connectivity index (χ0) is 11.4. The zero-order valence-corrected chi connectivity index (χ0v) is 8.98. The SMILES string of the molecule is O=C(Cl)c1ccc(Nc2ccncn2)cc1. The molecule has 0 aliphatic carbocycles. The first-order valence-corrected chi connectivity index (χ1v) is 4.96. The van der Waals surface area contributed by atoms with Crippen LogP contribution in [0, 0.1) is 0 Å². The van der Waals surface area contributed by atoms with Gasteiger partial charge < -0.3 is 5.32 Å². The van der Waals surface area contributed by atoms with E-state index in [-0.39, 0.29) is 0 Å². The topological polar surface area (TPSA) is 54.9 Å². The number of rotatable bonds is 3. The highest BCUT2D eigenvalue weighted by molar-refractivity contribution is 6.67. The quantitative estimate of drug-likeness (QED) is 0.828. The molecule has 0 unspecified atom stereocenters. The molecule has 4 nitrogen and oxygen atoms in total. The normalized spacial score (nSPS) is 9.81. The molecule has 0 saturated carbocycles. The number of anilines is 2. The number of carbonyl (C=O) groups excluding carboxylic acids is 1. The maximum atomic E-state index is 10.8. The highest BCUT2D eigenvalue weighted by atomic mass is 35.5. The van der Waals surface area contributed by atoms with Crippen molar-refractivity contribution in [2.75, 3.05) is 5.32 Å². The van der Waals surface area contributed by atoms with Gasteiger partial charge >= 0.3 is 0 Å². The predicted molar refractivity (Wildman–Crippen MR) is 61.9 cm³/mol. The summed E-state index contributed by atoms with van der Waals surface area (Å²) in [5.74, 6) is 0.694. The summed E-state index contributed by atoms with van der Waals surface area (Å²) < 4.78 is 0.